The summed E-state index contributed by atoms with van der Waals surface area (Å²) in [6.07, 6.45) is 0. The van der Waals surface area contributed by atoms with Crippen LogP contribution in [0.3, 0.4) is 0 Å². The van der Waals surface area contributed by atoms with Crippen LogP contribution in [0, 0.1) is 27.7 Å². The van der Waals surface area contributed by atoms with E-state index >= 15 is 0 Å². The molecule has 0 N–H and O–H groups in total. The van der Waals surface area contributed by atoms with Crippen LogP contribution in [0.5, 0.6) is 0 Å². The first-order valence-corrected chi connectivity index (χ1v) is 6.66. The van der Waals surface area contributed by atoms with Gasteiger partial charge in [-0.2, -0.15) is 0 Å². The van der Waals surface area contributed by atoms with Gasteiger partial charge in [-0.05, 0) is 62.1 Å². The molecule has 0 fully saturated rings. The van der Waals surface area contributed by atoms with Crippen molar-refractivity contribution in [2.75, 3.05) is 0 Å². The molecule has 0 radical (unpaired) electrons. The van der Waals surface area contributed by atoms with Crippen molar-refractivity contribution < 1.29 is 4.79 Å². The number of halogens is 1. The molecule has 2 aromatic rings. The van der Waals surface area contributed by atoms with Crippen LogP contribution in [0.25, 0.3) is 0 Å². The third-order valence-electron chi connectivity index (χ3n) is 3.52. The van der Waals surface area contributed by atoms with E-state index in [1.807, 2.05) is 39.0 Å². The highest BCUT2D eigenvalue weighted by atomic mass is 35.5. The summed E-state index contributed by atoms with van der Waals surface area (Å²) >= 11 is 6.09. The quantitative estimate of drug-likeness (QED) is 0.718. The molecule has 0 aliphatic rings. The molecule has 0 aliphatic heterocycles. The number of rotatable bonds is 2. The monoisotopic (exact) mass is 272 g/mol. The third kappa shape index (κ3) is 2.71. The molecule has 0 aliphatic carbocycles. The lowest BCUT2D eigenvalue weighted by molar-refractivity contribution is 0.103. The molecule has 0 aromatic heterocycles. The van der Waals surface area contributed by atoms with Gasteiger partial charge in [0.05, 0.1) is 0 Å². The Bertz CT molecular complexity index is 657. The number of ketones is 1. The van der Waals surface area contributed by atoms with E-state index in [0.29, 0.717) is 10.6 Å². The van der Waals surface area contributed by atoms with Gasteiger partial charge in [0.15, 0.2) is 5.78 Å². The molecule has 0 saturated carbocycles. The molecule has 0 bridgehead atoms. The van der Waals surface area contributed by atoms with Gasteiger partial charge in [-0.25, -0.2) is 0 Å². The summed E-state index contributed by atoms with van der Waals surface area (Å²) < 4.78 is 0. The second-order valence-corrected chi connectivity index (χ2v) is 5.45. The molecule has 0 spiro atoms. The normalized spacial score (nSPS) is 10.6. The zero-order valence-corrected chi connectivity index (χ0v) is 12.4. The number of hydrogen-bond donors (Lipinski definition) is 0. The smallest absolute Gasteiger partial charge is 0.193 e. The molecule has 2 aromatic carbocycles. The average Bonchev–Trinajstić information content (AvgIpc) is 2.36. The first kappa shape index (κ1) is 13.8. The Labute approximate surface area is 119 Å². The Balaban J connectivity index is 2.49. The Hall–Kier alpha value is -1.60. The largest absolute Gasteiger partial charge is 0.289 e. The number of carbonyl (C=O) groups is 1. The number of carbonyl (C=O) groups excluding carboxylic acids is 1. The zero-order valence-electron chi connectivity index (χ0n) is 11.7. The van der Waals surface area contributed by atoms with Crippen molar-refractivity contribution in [3.63, 3.8) is 0 Å². The summed E-state index contributed by atoms with van der Waals surface area (Å²) in [4.78, 5) is 12.5. The van der Waals surface area contributed by atoms with Crippen LogP contribution in [0.4, 0.5) is 0 Å². The lowest BCUT2D eigenvalue weighted by atomic mass is 9.94. The van der Waals surface area contributed by atoms with Gasteiger partial charge in [0.2, 0.25) is 0 Å². The molecular formula is C17H17ClO. The first-order chi connectivity index (χ1) is 8.90. The Kier molecular flexibility index (Phi) is 3.77. The molecule has 19 heavy (non-hydrogen) atoms. The van der Waals surface area contributed by atoms with Crippen LogP contribution >= 0.6 is 11.6 Å². The third-order valence-corrected chi connectivity index (χ3v) is 3.93. The summed E-state index contributed by atoms with van der Waals surface area (Å²) in [6, 6.07) is 9.47. The van der Waals surface area contributed by atoms with Gasteiger partial charge < -0.3 is 0 Å². The first-order valence-electron chi connectivity index (χ1n) is 6.29. The molecule has 0 heterocycles. The highest BCUT2D eigenvalue weighted by Gasteiger charge is 2.13. The number of benzene rings is 2. The fourth-order valence-electron chi connectivity index (χ4n) is 2.09. The van der Waals surface area contributed by atoms with Crippen molar-refractivity contribution in [2.24, 2.45) is 0 Å². The van der Waals surface area contributed by atoms with Gasteiger partial charge in [-0.1, -0.05) is 29.8 Å². The SMILES string of the molecule is Cc1cc(C)c(C(=O)c2ccc(C)c(Cl)c2)cc1C. The van der Waals surface area contributed by atoms with E-state index in [4.69, 9.17) is 11.6 Å². The molecule has 98 valence electrons. The maximum Gasteiger partial charge on any atom is 0.193 e. The summed E-state index contributed by atoms with van der Waals surface area (Å²) in [5.41, 5.74) is 5.72. The Morgan fingerprint density at radius 2 is 1.47 bits per heavy atom. The van der Waals surface area contributed by atoms with Crippen molar-refractivity contribution in [3.05, 3.63) is 68.7 Å². The van der Waals surface area contributed by atoms with Crippen molar-refractivity contribution in [1.82, 2.24) is 0 Å². The standard InChI is InChI=1S/C17H17ClO/c1-10-5-6-14(9-16(10)18)17(19)15-8-12(3)11(2)7-13(15)4/h5-9H,1-4H3. The van der Waals surface area contributed by atoms with E-state index in [-0.39, 0.29) is 5.78 Å². The van der Waals surface area contributed by atoms with Crippen LogP contribution in [0.15, 0.2) is 30.3 Å². The average molecular weight is 273 g/mol. The van der Waals surface area contributed by atoms with Crippen LogP contribution in [0.1, 0.15) is 38.2 Å². The van der Waals surface area contributed by atoms with E-state index < -0.39 is 0 Å². The summed E-state index contributed by atoms with van der Waals surface area (Å²) in [5.74, 6) is 0.0301. The molecule has 2 heteroatoms. The predicted octanol–water partition coefficient (Wildman–Crippen LogP) is 4.80. The van der Waals surface area contributed by atoms with Gasteiger partial charge in [0.1, 0.15) is 0 Å². The van der Waals surface area contributed by atoms with Crippen LogP contribution in [-0.4, -0.2) is 5.78 Å². The summed E-state index contributed by atoms with van der Waals surface area (Å²) in [6.45, 7) is 7.97. The molecule has 0 atom stereocenters. The minimum Gasteiger partial charge on any atom is -0.289 e. The van der Waals surface area contributed by atoms with Crippen LogP contribution in [-0.2, 0) is 0 Å². The topological polar surface area (TPSA) is 17.1 Å². The number of aryl methyl sites for hydroxylation is 4. The van der Waals surface area contributed by atoms with E-state index in [1.54, 1.807) is 6.07 Å². The van der Waals surface area contributed by atoms with Crippen molar-refractivity contribution >= 4 is 17.4 Å². The molecular weight excluding hydrogens is 256 g/mol. The zero-order chi connectivity index (χ0) is 14.2. The predicted molar refractivity (Wildman–Crippen MR) is 80.3 cm³/mol. The van der Waals surface area contributed by atoms with Crippen LogP contribution in [0.2, 0.25) is 5.02 Å². The van der Waals surface area contributed by atoms with Gasteiger partial charge >= 0.3 is 0 Å². The Morgan fingerprint density at radius 3 is 2.11 bits per heavy atom. The molecule has 0 amide bonds. The van der Waals surface area contributed by atoms with E-state index in [9.17, 15) is 4.79 Å². The molecule has 2 rings (SSSR count). The van der Waals surface area contributed by atoms with Gasteiger partial charge in [-0.3, -0.25) is 4.79 Å². The second kappa shape index (κ2) is 5.18. The van der Waals surface area contributed by atoms with Crippen LogP contribution < -0.4 is 0 Å². The van der Waals surface area contributed by atoms with Crippen molar-refractivity contribution in [1.29, 1.82) is 0 Å². The molecule has 1 nitrogen and oxygen atoms in total. The molecule has 0 unspecified atom stereocenters. The fourth-order valence-corrected chi connectivity index (χ4v) is 2.28. The summed E-state index contributed by atoms with van der Waals surface area (Å²) in [5, 5.41) is 0.632. The van der Waals surface area contributed by atoms with E-state index in [0.717, 1.165) is 22.3 Å². The van der Waals surface area contributed by atoms with E-state index in [2.05, 4.69) is 13.0 Å². The van der Waals surface area contributed by atoms with Crippen molar-refractivity contribution in [2.45, 2.75) is 27.7 Å². The van der Waals surface area contributed by atoms with Gasteiger partial charge in [-0.15, -0.1) is 0 Å². The van der Waals surface area contributed by atoms with Gasteiger partial charge in [0, 0.05) is 16.1 Å². The summed E-state index contributed by atoms with van der Waals surface area (Å²) in [7, 11) is 0. The molecule has 0 saturated heterocycles. The lowest BCUT2D eigenvalue weighted by Gasteiger charge is -2.10. The lowest BCUT2D eigenvalue weighted by Crippen LogP contribution is -2.05. The minimum absolute atomic E-state index is 0.0301. The highest BCUT2D eigenvalue weighted by molar-refractivity contribution is 6.31. The second-order valence-electron chi connectivity index (χ2n) is 5.04. The fraction of sp³-hybridized carbons (Fsp3) is 0.235. The maximum absolute atomic E-state index is 12.5. The highest BCUT2D eigenvalue weighted by Crippen LogP contribution is 2.22. The number of hydrogen-bond acceptors (Lipinski definition) is 1. The minimum atomic E-state index is 0.0301. The van der Waals surface area contributed by atoms with Gasteiger partial charge in [0.25, 0.3) is 0 Å². The van der Waals surface area contributed by atoms with E-state index in [1.165, 1.54) is 5.56 Å². The van der Waals surface area contributed by atoms with Crippen molar-refractivity contribution in [3.8, 4) is 0 Å². The Morgan fingerprint density at radius 1 is 0.842 bits per heavy atom. The maximum atomic E-state index is 12.5.